The van der Waals surface area contributed by atoms with Gasteiger partial charge in [-0.15, -0.1) is 0 Å². The molecule has 0 amide bonds. The zero-order valence-electron chi connectivity index (χ0n) is 12.3. The van der Waals surface area contributed by atoms with Gasteiger partial charge in [0.25, 0.3) is 0 Å². The van der Waals surface area contributed by atoms with E-state index in [0.717, 1.165) is 42.5 Å². The van der Waals surface area contributed by atoms with Crippen LogP contribution in [0.4, 0.5) is 8.78 Å². The van der Waals surface area contributed by atoms with E-state index < -0.39 is 17.7 Å². The highest BCUT2D eigenvalue weighted by atomic mass is 19.2. The molecule has 2 nitrogen and oxygen atoms in total. The van der Waals surface area contributed by atoms with Gasteiger partial charge in [0.2, 0.25) is 0 Å². The zero-order valence-corrected chi connectivity index (χ0v) is 12.3. The predicted octanol–water partition coefficient (Wildman–Crippen LogP) is 4.22. The van der Waals surface area contributed by atoms with Crippen LogP contribution in [0.5, 0.6) is 0 Å². The average molecular weight is 306 g/mol. The largest absolute Gasteiger partial charge is 0.396 e. The molecule has 0 bridgehead atoms. The monoisotopic (exact) mass is 306 g/mol. The Morgan fingerprint density at radius 2 is 1.50 bits per heavy atom. The number of hydrogen-bond donors (Lipinski definition) is 2. The highest BCUT2D eigenvalue weighted by molar-refractivity contribution is 5.63. The number of rotatable bonds is 7. The van der Waals surface area contributed by atoms with Crippen LogP contribution in [0, 0.1) is 11.6 Å². The Balaban J connectivity index is 2.01. The number of hydrogen-bond acceptors (Lipinski definition) is 2. The van der Waals surface area contributed by atoms with E-state index in [-0.39, 0.29) is 6.61 Å². The first kappa shape index (κ1) is 16.6. The second-order valence-corrected chi connectivity index (χ2v) is 5.34. The summed E-state index contributed by atoms with van der Waals surface area (Å²) in [5.74, 6) is -1.73. The normalized spacial score (nSPS) is 12.4. The molecule has 4 heteroatoms. The van der Waals surface area contributed by atoms with Gasteiger partial charge in [0.05, 0.1) is 6.10 Å². The lowest BCUT2D eigenvalue weighted by Crippen LogP contribution is -1.97. The number of halogens is 2. The van der Waals surface area contributed by atoms with Gasteiger partial charge in [0.1, 0.15) is 0 Å². The summed E-state index contributed by atoms with van der Waals surface area (Å²) in [6, 6.07) is 11.0. The Morgan fingerprint density at radius 3 is 2.14 bits per heavy atom. The molecule has 1 atom stereocenters. The molecule has 118 valence electrons. The lowest BCUT2D eigenvalue weighted by molar-refractivity contribution is 0.162. The van der Waals surface area contributed by atoms with Crippen molar-refractivity contribution >= 4 is 0 Å². The maximum Gasteiger partial charge on any atom is 0.159 e. The molecule has 0 aliphatic rings. The molecule has 0 saturated heterocycles. The molecular formula is C18H20F2O2. The minimum absolute atomic E-state index is 0.180. The molecule has 0 saturated carbocycles. The van der Waals surface area contributed by atoms with Crippen molar-refractivity contribution in [2.24, 2.45) is 0 Å². The maximum absolute atomic E-state index is 13.2. The molecule has 0 aromatic heterocycles. The lowest BCUT2D eigenvalue weighted by atomic mass is 9.99. The van der Waals surface area contributed by atoms with E-state index in [2.05, 4.69) is 0 Å². The Bertz CT molecular complexity index is 597. The lowest BCUT2D eigenvalue weighted by Gasteiger charge is -2.11. The molecule has 2 rings (SSSR count). The van der Waals surface area contributed by atoms with Gasteiger partial charge in [-0.25, -0.2) is 8.78 Å². The van der Waals surface area contributed by atoms with Crippen LogP contribution < -0.4 is 0 Å². The van der Waals surface area contributed by atoms with Gasteiger partial charge in [-0.1, -0.05) is 43.2 Å². The third-order valence-corrected chi connectivity index (χ3v) is 3.68. The Hall–Kier alpha value is -1.78. The Morgan fingerprint density at radius 1 is 0.818 bits per heavy atom. The third-order valence-electron chi connectivity index (χ3n) is 3.68. The van der Waals surface area contributed by atoms with E-state index in [1.165, 1.54) is 6.07 Å². The van der Waals surface area contributed by atoms with Crippen molar-refractivity contribution in [1.29, 1.82) is 0 Å². The highest BCUT2D eigenvalue weighted by Gasteiger charge is 2.09. The van der Waals surface area contributed by atoms with E-state index >= 15 is 0 Å². The molecule has 0 aliphatic heterocycles. The summed E-state index contributed by atoms with van der Waals surface area (Å²) in [5, 5.41) is 18.8. The first-order chi connectivity index (χ1) is 10.6. The van der Waals surface area contributed by atoms with E-state index in [4.69, 9.17) is 5.11 Å². The SMILES string of the molecule is OCCCCCC(O)c1ccc(-c2ccc(F)c(F)c2)cc1. The second-order valence-electron chi connectivity index (χ2n) is 5.34. The fraction of sp³-hybridized carbons (Fsp3) is 0.333. The van der Waals surface area contributed by atoms with E-state index in [1.54, 1.807) is 24.3 Å². The van der Waals surface area contributed by atoms with Gasteiger partial charge in [-0.2, -0.15) is 0 Å². The fourth-order valence-electron chi connectivity index (χ4n) is 2.37. The van der Waals surface area contributed by atoms with Crippen LogP contribution in [-0.2, 0) is 0 Å². The van der Waals surface area contributed by atoms with Gasteiger partial charge < -0.3 is 10.2 Å². The second kappa shape index (κ2) is 8.01. The van der Waals surface area contributed by atoms with E-state index in [9.17, 15) is 13.9 Å². The van der Waals surface area contributed by atoms with Crippen LogP contribution in [0.3, 0.4) is 0 Å². The zero-order chi connectivity index (χ0) is 15.9. The smallest absolute Gasteiger partial charge is 0.159 e. The summed E-state index contributed by atoms with van der Waals surface area (Å²) in [7, 11) is 0. The highest BCUT2D eigenvalue weighted by Crippen LogP contribution is 2.25. The molecule has 2 N–H and O–H groups in total. The molecule has 2 aromatic carbocycles. The van der Waals surface area contributed by atoms with Crippen molar-refractivity contribution < 1.29 is 19.0 Å². The van der Waals surface area contributed by atoms with Crippen LogP contribution in [-0.4, -0.2) is 16.8 Å². The molecule has 2 aromatic rings. The van der Waals surface area contributed by atoms with Crippen LogP contribution in [0.25, 0.3) is 11.1 Å². The van der Waals surface area contributed by atoms with Crippen molar-refractivity contribution in [2.75, 3.05) is 6.61 Å². The van der Waals surface area contributed by atoms with Crippen molar-refractivity contribution in [2.45, 2.75) is 31.8 Å². The summed E-state index contributed by atoms with van der Waals surface area (Å²) < 4.78 is 26.2. The van der Waals surface area contributed by atoms with Gasteiger partial charge in [-0.3, -0.25) is 0 Å². The molecule has 0 aliphatic carbocycles. The molecule has 0 heterocycles. The molecule has 0 fully saturated rings. The van der Waals surface area contributed by atoms with Gasteiger partial charge in [0, 0.05) is 6.61 Å². The van der Waals surface area contributed by atoms with Crippen molar-refractivity contribution in [3.05, 3.63) is 59.7 Å². The Kier molecular flexibility index (Phi) is 6.04. The Labute approximate surface area is 129 Å². The first-order valence-corrected chi connectivity index (χ1v) is 7.46. The van der Waals surface area contributed by atoms with E-state index in [1.807, 2.05) is 0 Å². The van der Waals surface area contributed by atoms with Crippen molar-refractivity contribution in [1.82, 2.24) is 0 Å². The first-order valence-electron chi connectivity index (χ1n) is 7.46. The average Bonchev–Trinajstić information content (AvgIpc) is 2.54. The topological polar surface area (TPSA) is 40.5 Å². The summed E-state index contributed by atoms with van der Waals surface area (Å²) in [6.07, 6.45) is 2.59. The molecule has 0 radical (unpaired) electrons. The van der Waals surface area contributed by atoms with Gasteiger partial charge >= 0.3 is 0 Å². The predicted molar refractivity (Wildman–Crippen MR) is 82.3 cm³/mol. The van der Waals surface area contributed by atoms with Gasteiger partial charge in [0.15, 0.2) is 11.6 Å². The van der Waals surface area contributed by atoms with Crippen LogP contribution in [0.15, 0.2) is 42.5 Å². The minimum Gasteiger partial charge on any atom is -0.396 e. The summed E-state index contributed by atoms with van der Waals surface area (Å²) in [5.41, 5.74) is 2.17. The summed E-state index contributed by atoms with van der Waals surface area (Å²) >= 11 is 0. The molecule has 0 spiro atoms. The van der Waals surface area contributed by atoms with Crippen LogP contribution in [0.2, 0.25) is 0 Å². The summed E-state index contributed by atoms with van der Waals surface area (Å²) in [6.45, 7) is 0.180. The summed E-state index contributed by atoms with van der Waals surface area (Å²) in [4.78, 5) is 0. The quantitative estimate of drug-likeness (QED) is 0.752. The standard InChI is InChI=1S/C18H20F2O2/c19-16-10-9-15(12-17(16)20)13-5-7-14(8-6-13)18(22)4-2-1-3-11-21/h5-10,12,18,21-22H,1-4,11H2. The number of benzene rings is 2. The van der Waals surface area contributed by atoms with Crippen LogP contribution >= 0.6 is 0 Å². The minimum atomic E-state index is -0.870. The number of aliphatic hydroxyl groups is 2. The maximum atomic E-state index is 13.2. The fourth-order valence-corrected chi connectivity index (χ4v) is 2.37. The third kappa shape index (κ3) is 4.36. The number of aliphatic hydroxyl groups excluding tert-OH is 2. The number of unbranched alkanes of at least 4 members (excludes halogenated alkanes) is 2. The van der Waals surface area contributed by atoms with Gasteiger partial charge in [-0.05, 0) is 41.7 Å². The van der Waals surface area contributed by atoms with Crippen LogP contribution in [0.1, 0.15) is 37.4 Å². The van der Waals surface area contributed by atoms with E-state index in [0.29, 0.717) is 12.0 Å². The molecule has 22 heavy (non-hydrogen) atoms. The van der Waals surface area contributed by atoms with Crippen molar-refractivity contribution in [3.8, 4) is 11.1 Å². The molecule has 1 unspecified atom stereocenters. The van der Waals surface area contributed by atoms with Crippen molar-refractivity contribution in [3.63, 3.8) is 0 Å². The molecular weight excluding hydrogens is 286 g/mol.